The van der Waals surface area contributed by atoms with Crippen LogP contribution in [0.15, 0.2) is 48.5 Å². The molecule has 51 heteroatoms. The van der Waals surface area contributed by atoms with Gasteiger partial charge in [-0.1, -0.05) is 58.4 Å². The van der Waals surface area contributed by atoms with Crippen molar-refractivity contribution in [1.29, 1.82) is 5.41 Å². The number of nitrogens with one attached hydrogen (secondary N) is 16. The summed E-state index contributed by atoms with van der Waals surface area (Å²) < 4.78 is -1.49. The number of rotatable bonds is 60. The first-order valence-electron chi connectivity index (χ1n) is 43.0. The number of nitrogens with two attached hydrogens (primary N) is 9. The highest BCUT2D eigenvalue weighted by Crippen LogP contribution is 2.25. The molecule has 0 aromatic heterocycles. The van der Waals surface area contributed by atoms with Crippen LogP contribution < -0.4 is 131 Å². The fourth-order valence-corrected chi connectivity index (χ4v) is 13.9. The quantitative estimate of drug-likeness (QED) is 0.0127. The summed E-state index contributed by atoms with van der Waals surface area (Å²) in [5, 5.41) is 95.2. The molecule has 39 N–H and O–H groups in total. The minimum absolute atomic E-state index is 0.0876. The summed E-state index contributed by atoms with van der Waals surface area (Å²) in [5.74, 6) is -22.0. The van der Waals surface area contributed by atoms with Gasteiger partial charge in [-0.25, -0.2) is 4.79 Å². The van der Waals surface area contributed by atoms with E-state index in [1.54, 1.807) is 27.7 Å². The molecule has 0 saturated carbocycles. The van der Waals surface area contributed by atoms with Gasteiger partial charge < -0.3 is 162 Å². The zero-order valence-corrected chi connectivity index (χ0v) is 76.5. The number of aliphatic hydroxyl groups excluding tert-OH is 2. The third-order valence-corrected chi connectivity index (χ3v) is 21.8. The first kappa shape index (κ1) is 114. The topological polar surface area (TPSA) is 850 Å². The van der Waals surface area contributed by atoms with E-state index in [1.165, 1.54) is 62.4 Å². The van der Waals surface area contributed by atoms with Crippen molar-refractivity contribution in [2.45, 2.75) is 245 Å². The largest absolute Gasteiger partial charge is 0.508 e. The molecule has 17 amide bonds. The Bertz CT molecular complexity index is 4250. The summed E-state index contributed by atoms with van der Waals surface area (Å²) >= 11 is 8.78. The second-order valence-electron chi connectivity index (χ2n) is 32.7. The molecule has 1 heterocycles. The lowest BCUT2D eigenvalue weighted by atomic mass is 9.95. The highest BCUT2D eigenvalue weighted by Gasteiger charge is 2.46. The molecule has 0 radical (unpaired) electrons. The average Bonchev–Trinajstić information content (AvgIpc) is 1.62. The van der Waals surface area contributed by atoms with Gasteiger partial charge in [0.2, 0.25) is 100 Å². The molecule has 132 heavy (non-hydrogen) atoms. The Balaban J connectivity index is 1.92. The molecule has 0 unspecified atom stereocenters. The summed E-state index contributed by atoms with van der Waals surface area (Å²) in [6, 6.07) is -15.1. The number of nitrogens with zero attached hydrogens (tertiary/aromatic N) is 1. The van der Waals surface area contributed by atoms with Crippen LogP contribution in [0.5, 0.6) is 11.5 Å². The molecular formula is C81H134N26O23S2. The Labute approximate surface area is 774 Å². The molecule has 1 fully saturated rings. The van der Waals surface area contributed by atoms with Gasteiger partial charge in [-0.2, -0.15) is 25.3 Å². The lowest BCUT2D eigenvalue weighted by molar-refractivity contribution is -0.142. The van der Waals surface area contributed by atoms with Gasteiger partial charge in [0.25, 0.3) is 0 Å². The Hall–Kier alpha value is -11.8. The van der Waals surface area contributed by atoms with E-state index in [0.29, 0.717) is 12.0 Å². The smallest absolute Gasteiger partial charge is 0.326 e. The predicted octanol–water partition coefficient (Wildman–Crippen LogP) is -11.1. The minimum Gasteiger partial charge on any atom is -0.508 e. The van der Waals surface area contributed by atoms with Crippen LogP contribution in [0.2, 0.25) is 0 Å². The Morgan fingerprint density at radius 1 is 0.470 bits per heavy atom. The number of carboxylic acids is 1. The number of primary amides is 2. The van der Waals surface area contributed by atoms with Crippen molar-refractivity contribution in [2.75, 3.05) is 58.2 Å². The number of carboxylic acid groups (broad SMARTS) is 1. The Kier molecular flexibility index (Phi) is 49.8. The van der Waals surface area contributed by atoms with E-state index < -0.39 is 271 Å². The van der Waals surface area contributed by atoms with Crippen molar-refractivity contribution in [2.24, 2.45) is 63.4 Å². The maximum Gasteiger partial charge on any atom is 0.326 e. The van der Waals surface area contributed by atoms with Gasteiger partial charge in [-0.05, 0) is 152 Å². The molecule has 0 bridgehead atoms. The lowest BCUT2D eigenvalue weighted by Crippen LogP contribution is -2.64. The van der Waals surface area contributed by atoms with Gasteiger partial charge in [0.1, 0.15) is 102 Å². The average molecular weight is 1900 g/mol. The zero-order chi connectivity index (χ0) is 99.6. The molecule has 49 nitrogen and oxygen atoms in total. The predicted molar refractivity (Wildman–Crippen MR) is 485 cm³/mol. The lowest BCUT2D eigenvalue weighted by Gasteiger charge is -2.34. The summed E-state index contributed by atoms with van der Waals surface area (Å²) in [7, 11) is 0. The van der Waals surface area contributed by atoms with Crippen molar-refractivity contribution < 1.29 is 112 Å². The molecule has 738 valence electrons. The standard InChI is InChI=1S/C81H134N26O23S2/c1-7-40(4)62(105-75(125)58-33-45(111)36-107(58)78(128)61(89)39(2)3)76(126)106-63(81(5,6)132)77(127)101-52(31-41-13-17-43(109)18-14-41)70(120)103-56(37-108)73(123)100-54(35-60(88)113)71(121)94-47(12-10-30-92-80(90)91)65(115)96-50(23-28-85)68(118)99-53(34-59(87)112)72(122)98-49(22-27-84)66(116)93-46(11-8-9-25-82)64(114)95-48(21-26-83)67(117)97-51(24-29-86)69(119)104-57(38-131)74(124)102-55(79(129)130)32-42-15-19-44(110)20-16-42/h13-20,39-40,45-58,61-63,108-111,131-132H,7-12,21-38,82-86,89H2,1-6H3,(H2,87,112)(H2,88,113)(H,93,116)(H,94,121)(H,95,114)(H,96,115)(H,97,117)(H,98,122)(H,99,118)(H,100,123)(H,101,127)(H,102,124)(H,103,120)(H,104,119)(H,105,125)(H,106,126)(H,129,130)(H4,90,91,92)/t40-,45+,46-,47-,48-,49+,50-,51-,52-,53-,54-,55-,56-,57-,58-,61-,62-,63+/m0/s1. The molecule has 1 saturated heterocycles. The van der Waals surface area contributed by atoms with E-state index in [0.717, 1.165) is 4.90 Å². The van der Waals surface area contributed by atoms with Crippen LogP contribution in [-0.2, 0) is 99.1 Å². The number of phenols is 2. The molecule has 0 spiro atoms. The van der Waals surface area contributed by atoms with E-state index >= 15 is 0 Å². The van der Waals surface area contributed by atoms with Crippen LogP contribution in [0, 0.1) is 17.2 Å². The van der Waals surface area contributed by atoms with Gasteiger partial charge in [0.05, 0.1) is 31.6 Å². The number of unbranched alkanes of at least 4 members (excludes halogenated alkanes) is 1. The number of thiol groups is 2. The van der Waals surface area contributed by atoms with Crippen LogP contribution in [0.1, 0.15) is 136 Å². The van der Waals surface area contributed by atoms with Crippen molar-refractivity contribution in [3.05, 3.63) is 59.7 Å². The molecule has 1 aliphatic heterocycles. The van der Waals surface area contributed by atoms with Crippen molar-refractivity contribution in [1.82, 2.24) is 84.7 Å². The van der Waals surface area contributed by atoms with Gasteiger partial charge in [-0.15, -0.1) is 0 Å². The van der Waals surface area contributed by atoms with Gasteiger partial charge in [-0.3, -0.25) is 86.9 Å². The number of β-amino-alcohol motifs (C(OH)–C–C–N with tert-alkyl or cyclic N) is 1. The number of carbonyl (C=O) groups excluding carboxylic acids is 17. The van der Waals surface area contributed by atoms with Crippen molar-refractivity contribution >= 4 is 138 Å². The highest BCUT2D eigenvalue weighted by atomic mass is 32.1. The minimum atomic E-state index is -2.06. The Morgan fingerprint density at radius 3 is 1.18 bits per heavy atom. The fraction of sp³-hybridized carbons (Fsp3) is 0.617. The molecule has 1 aliphatic rings. The SMILES string of the molecule is CC[C@H](C)[C@H](NC(=O)[C@@H]1C[C@@H](O)CN1C(=O)[C@@H](N)C(C)C)C(=O)N[C@H](C(=O)N[C@@H](Cc1ccc(O)cc1)C(=O)N[C@@H](CO)C(=O)N[C@@H](CC(N)=O)C(=O)N[C@@H](CCCNC(=N)N)C(=O)N[C@@H](CCN)C(=O)N[C@@H](CC(N)=O)C(=O)N[C@H](CCN)C(=O)N[C@@H](CCCCN)C(=O)N[C@@H](CCN)C(=O)N[C@@H](CCN)C(=O)N[C@@H](CS)C(=O)N[C@@H](Cc1ccc(O)cc1)C(=O)O)C(C)(C)S. The first-order valence-corrected chi connectivity index (χ1v) is 44.1. The summed E-state index contributed by atoms with van der Waals surface area (Å²) in [4.78, 5) is 252. The molecule has 0 aliphatic carbocycles. The molecule has 2 aromatic carbocycles. The summed E-state index contributed by atoms with van der Waals surface area (Å²) in [6.45, 7) is 6.96. The van der Waals surface area contributed by atoms with Gasteiger partial charge in [0, 0.05) is 42.9 Å². The van der Waals surface area contributed by atoms with Gasteiger partial charge >= 0.3 is 5.97 Å². The molecule has 18 atom stereocenters. The second-order valence-corrected chi connectivity index (χ2v) is 34.2. The van der Waals surface area contributed by atoms with Crippen molar-refractivity contribution in [3.8, 4) is 11.5 Å². The van der Waals surface area contributed by atoms with Crippen LogP contribution in [0.4, 0.5) is 0 Å². The number of hydrogen-bond donors (Lipinski definition) is 32. The maximum atomic E-state index is 14.7. The number of guanidine groups is 1. The Morgan fingerprint density at radius 2 is 0.818 bits per heavy atom. The van der Waals surface area contributed by atoms with Crippen LogP contribution in [-0.4, -0.2) is 308 Å². The van der Waals surface area contributed by atoms with Crippen LogP contribution >= 0.6 is 25.3 Å². The molecule has 2 aromatic rings. The number of benzene rings is 2. The van der Waals surface area contributed by atoms with Crippen molar-refractivity contribution in [3.63, 3.8) is 0 Å². The monoisotopic (exact) mass is 1900 g/mol. The number of likely N-dealkylation sites (tertiary alicyclic amines) is 1. The number of aromatic hydroxyl groups is 2. The van der Waals surface area contributed by atoms with Crippen LogP contribution in [0.3, 0.4) is 0 Å². The number of aliphatic hydroxyl groups is 2. The van der Waals surface area contributed by atoms with E-state index in [1.807, 2.05) is 0 Å². The maximum absolute atomic E-state index is 14.7. The number of aliphatic carboxylic acids is 1. The highest BCUT2D eigenvalue weighted by molar-refractivity contribution is 7.81. The zero-order valence-electron chi connectivity index (χ0n) is 74.7. The molecule has 3 rings (SSSR count). The number of amides is 17. The normalized spacial score (nSPS) is 16.7. The number of carbonyl (C=O) groups is 18. The second kappa shape index (κ2) is 57.5. The third-order valence-electron chi connectivity index (χ3n) is 21.2. The summed E-state index contributed by atoms with van der Waals surface area (Å²) in [6.07, 6.45) is -5.21. The number of phenolic OH excluding ortho intramolecular Hbond substituents is 2. The van der Waals surface area contributed by atoms with E-state index in [4.69, 9.17) is 57.0 Å². The third kappa shape index (κ3) is 38.9. The molecular weight excluding hydrogens is 1770 g/mol. The first-order chi connectivity index (χ1) is 62.1. The number of hydrogen-bond acceptors (Lipinski definition) is 31. The van der Waals surface area contributed by atoms with Crippen LogP contribution in [0.25, 0.3) is 0 Å². The fourth-order valence-electron chi connectivity index (χ4n) is 13.4. The summed E-state index contributed by atoms with van der Waals surface area (Å²) in [5.41, 5.74) is 52.8. The van der Waals surface area contributed by atoms with E-state index in [9.17, 15) is 112 Å². The van der Waals surface area contributed by atoms with E-state index in [2.05, 4.69) is 105 Å². The van der Waals surface area contributed by atoms with Gasteiger partial charge in [0.15, 0.2) is 5.96 Å². The van der Waals surface area contributed by atoms with E-state index in [-0.39, 0.29) is 126 Å².